The van der Waals surface area contributed by atoms with E-state index in [2.05, 4.69) is 5.32 Å². The van der Waals surface area contributed by atoms with Crippen LogP contribution in [0.3, 0.4) is 0 Å². The van der Waals surface area contributed by atoms with Gasteiger partial charge in [0.2, 0.25) is 10.0 Å². The Labute approximate surface area is 138 Å². The zero-order valence-corrected chi connectivity index (χ0v) is 13.9. The van der Waals surface area contributed by atoms with Crippen LogP contribution in [0.1, 0.15) is 5.56 Å². The third kappa shape index (κ3) is 3.69. The smallest absolute Gasteiger partial charge is 0.272 e. The van der Waals surface area contributed by atoms with Gasteiger partial charge < -0.3 is 5.32 Å². The average Bonchev–Trinajstić information content (AvgIpc) is 2.53. The molecule has 0 spiro atoms. The van der Waals surface area contributed by atoms with E-state index in [1.807, 2.05) is 0 Å². The first-order chi connectivity index (χ1) is 11.2. The van der Waals surface area contributed by atoms with Crippen molar-refractivity contribution in [3.05, 3.63) is 64.0 Å². The van der Waals surface area contributed by atoms with Gasteiger partial charge in [0.05, 0.1) is 21.6 Å². The van der Waals surface area contributed by atoms with Crippen molar-refractivity contribution in [1.82, 2.24) is 4.31 Å². The van der Waals surface area contributed by atoms with Crippen LogP contribution < -0.4 is 5.32 Å². The van der Waals surface area contributed by atoms with Crippen LogP contribution in [0, 0.1) is 15.9 Å². The number of halogens is 1. The van der Waals surface area contributed by atoms with Crippen molar-refractivity contribution in [1.29, 1.82) is 0 Å². The van der Waals surface area contributed by atoms with Crippen LogP contribution in [0.5, 0.6) is 0 Å². The fraction of sp³-hybridized carbons (Fsp3) is 0.200. The van der Waals surface area contributed by atoms with Crippen LogP contribution in [0.2, 0.25) is 0 Å². The number of nitro groups is 1. The van der Waals surface area contributed by atoms with Gasteiger partial charge in [-0.05, 0) is 17.7 Å². The Morgan fingerprint density at radius 3 is 2.46 bits per heavy atom. The van der Waals surface area contributed by atoms with Crippen molar-refractivity contribution in [3.8, 4) is 0 Å². The van der Waals surface area contributed by atoms with E-state index >= 15 is 0 Å². The number of hydrogen-bond acceptors (Lipinski definition) is 5. The maximum Gasteiger partial charge on any atom is 0.272 e. The molecule has 2 aromatic rings. The van der Waals surface area contributed by atoms with Crippen LogP contribution in [-0.4, -0.2) is 31.7 Å². The maximum atomic E-state index is 13.9. The fourth-order valence-electron chi connectivity index (χ4n) is 2.05. The lowest BCUT2D eigenvalue weighted by Gasteiger charge is -2.16. The zero-order valence-electron chi connectivity index (χ0n) is 13.1. The monoisotopic (exact) mass is 353 g/mol. The van der Waals surface area contributed by atoms with Crippen molar-refractivity contribution in [3.63, 3.8) is 0 Å². The van der Waals surface area contributed by atoms with E-state index in [1.165, 1.54) is 32.3 Å². The summed E-state index contributed by atoms with van der Waals surface area (Å²) in [6.45, 7) is 0.0535. The lowest BCUT2D eigenvalue weighted by Crippen LogP contribution is -2.23. The molecule has 0 atom stereocenters. The Hall–Kier alpha value is -2.52. The number of nitrogens with zero attached hydrogens (tertiary/aromatic N) is 2. The Balaban J connectivity index is 2.27. The summed E-state index contributed by atoms with van der Waals surface area (Å²) < 4.78 is 39.6. The van der Waals surface area contributed by atoms with Gasteiger partial charge in [-0.3, -0.25) is 10.1 Å². The summed E-state index contributed by atoms with van der Waals surface area (Å²) in [6, 6.07) is 9.60. The highest BCUT2D eigenvalue weighted by molar-refractivity contribution is 7.89. The number of hydrogen-bond donors (Lipinski definition) is 1. The van der Waals surface area contributed by atoms with Crippen LogP contribution >= 0.6 is 0 Å². The number of anilines is 1. The molecule has 24 heavy (non-hydrogen) atoms. The highest BCUT2D eigenvalue weighted by Crippen LogP contribution is 2.23. The van der Waals surface area contributed by atoms with Gasteiger partial charge in [-0.1, -0.05) is 18.2 Å². The molecule has 0 fully saturated rings. The Bertz CT molecular complexity index is 869. The zero-order chi connectivity index (χ0) is 17.9. The van der Waals surface area contributed by atoms with Gasteiger partial charge in [-0.15, -0.1) is 0 Å². The molecular weight excluding hydrogens is 337 g/mol. The summed E-state index contributed by atoms with van der Waals surface area (Å²) in [5.41, 5.74) is 0.162. The standard InChI is InChI=1S/C15H16FN3O4S/c1-18(2)24(22,23)15-6-4-3-5-11(15)10-17-14-8-7-12(19(20)21)9-13(14)16/h3-9,17H,10H2,1-2H3. The summed E-state index contributed by atoms with van der Waals surface area (Å²) in [7, 11) is -0.777. The molecule has 0 aliphatic rings. The molecule has 2 aromatic carbocycles. The molecule has 0 amide bonds. The van der Waals surface area contributed by atoms with Crippen LogP contribution in [0.4, 0.5) is 15.8 Å². The van der Waals surface area contributed by atoms with Crippen molar-refractivity contribution in [2.75, 3.05) is 19.4 Å². The molecule has 0 aliphatic carbocycles. The minimum absolute atomic E-state index is 0.0534. The van der Waals surface area contributed by atoms with Crippen LogP contribution in [0.25, 0.3) is 0 Å². The predicted octanol–water partition coefficient (Wildman–Crippen LogP) is 2.60. The van der Waals surface area contributed by atoms with Gasteiger partial charge in [-0.2, -0.15) is 0 Å². The summed E-state index contributed by atoms with van der Waals surface area (Å²) in [5, 5.41) is 13.4. The van der Waals surface area contributed by atoms with E-state index in [-0.39, 0.29) is 22.8 Å². The molecule has 0 bridgehead atoms. The van der Waals surface area contributed by atoms with Gasteiger partial charge in [0.1, 0.15) is 0 Å². The number of nitro benzene ring substituents is 1. The number of non-ortho nitro benzene ring substituents is 1. The quantitative estimate of drug-likeness (QED) is 0.636. The van der Waals surface area contributed by atoms with Crippen molar-refractivity contribution < 1.29 is 17.7 Å². The van der Waals surface area contributed by atoms with Gasteiger partial charge >= 0.3 is 0 Å². The SMILES string of the molecule is CN(C)S(=O)(=O)c1ccccc1CNc1ccc([N+](=O)[O-])cc1F. The van der Waals surface area contributed by atoms with Gasteiger partial charge in [0.15, 0.2) is 5.82 Å². The van der Waals surface area contributed by atoms with E-state index in [1.54, 1.807) is 18.2 Å². The second-order valence-corrected chi connectivity index (χ2v) is 7.29. The topological polar surface area (TPSA) is 92.6 Å². The summed E-state index contributed by atoms with van der Waals surface area (Å²) in [4.78, 5) is 10.0. The first-order valence-electron chi connectivity index (χ1n) is 6.91. The second kappa shape index (κ2) is 6.93. The highest BCUT2D eigenvalue weighted by atomic mass is 32.2. The van der Waals surface area contributed by atoms with E-state index in [4.69, 9.17) is 0 Å². The molecule has 0 saturated carbocycles. The Kier molecular flexibility index (Phi) is 5.15. The molecule has 0 saturated heterocycles. The van der Waals surface area contributed by atoms with Crippen LogP contribution in [0.15, 0.2) is 47.4 Å². The summed E-state index contributed by atoms with van der Waals surface area (Å²) >= 11 is 0. The molecule has 2 rings (SSSR count). The van der Waals surface area contributed by atoms with Gasteiger partial charge in [-0.25, -0.2) is 17.1 Å². The molecule has 9 heteroatoms. The van der Waals surface area contributed by atoms with E-state index in [9.17, 15) is 22.9 Å². The fourth-order valence-corrected chi connectivity index (χ4v) is 3.17. The van der Waals surface area contributed by atoms with Gasteiger partial charge in [0.25, 0.3) is 5.69 Å². The van der Waals surface area contributed by atoms with Gasteiger partial charge in [0, 0.05) is 26.7 Å². The van der Waals surface area contributed by atoms with Crippen LogP contribution in [-0.2, 0) is 16.6 Å². The van der Waals surface area contributed by atoms with E-state index < -0.39 is 20.8 Å². The lowest BCUT2D eigenvalue weighted by molar-refractivity contribution is -0.385. The Morgan fingerprint density at radius 2 is 1.88 bits per heavy atom. The van der Waals surface area contributed by atoms with Crippen molar-refractivity contribution in [2.24, 2.45) is 0 Å². The normalized spacial score (nSPS) is 11.5. The number of benzene rings is 2. The first kappa shape index (κ1) is 17.8. The minimum Gasteiger partial charge on any atom is -0.379 e. The third-order valence-corrected chi connectivity index (χ3v) is 5.28. The lowest BCUT2D eigenvalue weighted by atomic mass is 10.2. The highest BCUT2D eigenvalue weighted by Gasteiger charge is 2.20. The molecule has 0 radical (unpaired) electrons. The number of rotatable bonds is 6. The van der Waals surface area contributed by atoms with Crippen molar-refractivity contribution in [2.45, 2.75) is 11.4 Å². The number of nitrogens with one attached hydrogen (secondary N) is 1. The predicted molar refractivity (Wildman–Crippen MR) is 87.7 cm³/mol. The molecule has 128 valence electrons. The third-order valence-electron chi connectivity index (χ3n) is 3.36. The molecule has 1 N–H and O–H groups in total. The molecule has 0 unspecified atom stereocenters. The van der Waals surface area contributed by atoms with E-state index in [0.29, 0.717) is 5.56 Å². The molecule has 0 aromatic heterocycles. The molecule has 0 heterocycles. The summed E-state index contributed by atoms with van der Waals surface area (Å²) in [5.74, 6) is -0.780. The largest absolute Gasteiger partial charge is 0.379 e. The average molecular weight is 353 g/mol. The summed E-state index contributed by atoms with van der Waals surface area (Å²) in [6.07, 6.45) is 0. The second-order valence-electron chi connectivity index (χ2n) is 5.17. The molecular formula is C15H16FN3O4S. The molecule has 0 aliphatic heterocycles. The van der Waals surface area contributed by atoms with E-state index in [0.717, 1.165) is 10.4 Å². The first-order valence-corrected chi connectivity index (χ1v) is 8.35. The van der Waals surface area contributed by atoms with Crippen molar-refractivity contribution >= 4 is 21.4 Å². The molecule has 7 nitrogen and oxygen atoms in total. The minimum atomic E-state index is -3.63. The maximum absolute atomic E-state index is 13.9. The Morgan fingerprint density at radius 1 is 1.21 bits per heavy atom. The number of sulfonamides is 1.